The Kier molecular flexibility index (Phi) is 7.85. The second-order valence-electron chi connectivity index (χ2n) is 14.2. The Hall–Kier alpha value is -5.14. The van der Waals surface area contributed by atoms with Gasteiger partial charge in [0.05, 0.1) is 11.6 Å². The minimum atomic E-state index is 0.302. The molecule has 0 spiro atoms. The highest BCUT2D eigenvalue weighted by Crippen LogP contribution is 2.55. The molecule has 48 heavy (non-hydrogen) atoms. The summed E-state index contributed by atoms with van der Waals surface area (Å²) in [6.45, 7) is 4.84. The lowest BCUT2D eigenvalue weighted by Gasteiger charge is -2.51. The van der Waals surface area contributed by atoms with Gasteiger partial charge < -0.3 is 0 Å². The maximum atomic E-state index is 9.80. The first kappa shape index (κ1) is 30.2. The normalized spacial score (nSPS) is 21.9. The number of fused-ring (bicyclic) bond motifs is 3. The quantitative estimate of drug-likeness (QED) is 0.185. The zero-order valence-corrected chi connectivity index (χ0v) is 27.7. The van der Waals surface area contributed by atoms with E-state index in [1.807, 2.05) is 66.7 Å². The first-order valence-corrected chi connectivity index (χ1v) is 17.5. The molecule has 0 aliphatic heterocycles. The fourth-order valence-electron chi connectivity index (χ4n) is 9.03. The Morgan fingerprint density at radius 3 is 2.06 bits per heavy atom. The Labute approximate surface area is 283 Å². The van der Waals surface area contributed by atoms with Gasteiger partial charge in [0.1, 0.15) is 0 Å². The monoisotopic (exact) mass is 624 g/mol. The number of benzene rings is 5. The average molecular weight is 625 g/mol. The van der Waals surface area contributed by atoms with Crippen molar-refractivity contribution in [2.75, 3.05) is 0 Å². The van der Waals surface area contributed by atoms with Gasteiger partial charge in [-0.25, -0.2) is 15.0 Å². The topological polar surface area (TPSA) is 62.5 Å². The maximum Gasteiger partial charge on any atom is 0.164 e. The number of aromatic nitrogens is 3. The molecular formula is C44H40N4. The second-order valence-corrected chi connectivity index (χ2v) is 14.2. The summed E-state index contributed by atoms with van der Waals surface area (Å²) in [6.07, 6.45) is 8.04. The van der Waals surface area contributed by atoms with E-state index in [0.717, 1.165) is 50.8 Å². The summed E-state index contributed by atoms with van der Waals surface area (Å²) in [6, 6.07) is 42.2. The average Bonchev–Trinajstić information content (AvgIpc) is 3.14. The predicted molar refractivity (Wildman–Crippen MR) is 195 cm³/mol. The molecule has 2 saturated carbocycles. The van der Waals surface area contributed by atoms with E-state index in [-0.39, 0.29) is 0 Å². The van der Waals surface area contributed by atoms with Crippen molar-refractivity contribution in [1.29, 1.82) is 5.26 Å². The van der Waals surface area contributed by atoms with E-state index in [0.29, 0.717) is 28.5 Å². The van der Waals surface area contributed by atoms with Crippen molar-refractivity contribution in [2.45, 2.75) is 57.8 Å². The molecule has 0 saturated heterocycles. The van der Waals surface area contributed by atoms with E-state index >= 15 is 0 Å². The lowest BCUT2D eigenvalue weighted by molar-refractivity contribution is 0.0702. The summed E-state index contributed by atoms with van der Waals surface area (Å²) in [7, 11) is 0. The summed E-state index contributed by atoms with van der Waals surface area (Å²) in [5.41, 5.74) is 7.50. The van der Waals surface area contributed by atoms with Crippen molar-refractivity contribution >= 4 is 10.8 Å². The minimum Gasteiger partial charge on any atom is -0.208 e. The molecule has 0 radical (unpaired) electrons. The Bertz CT molecular complexity index is 2140. The van der Waals surface area contributed by atoms with E-state index < -0.39 is 0 Å². The highest BCUT2D eigenvalue weighted by atomic mass is 15.0. The smallest absolute Gasteiger partial charge is 0.164 e. The van der Waals surface area contributed by atoms with Gasteiger partial charge in [-0.2, -0.15) is 5.26 Å². The standard InChI is InChI=1S/C44H40N4/c1-3-30-24-31-23-29(2)25-44(26-30,27-31)35-21-19-32(20-22-35)36-14-7-8-15-39(36)42-46-41(33-11-5-4-6-12-33)47-43(48-42)40-18-10-16-37-34(28-45)13-9-17-38(37)40/h4-22,29-31H,3,23-27H2,1-2H3/t29-,30+,31-,44?/m1/s1. The second kappa shape index (κ2) is 12.5. The molecule has 6 aromatic rings. The Balaban J connectivity index is 1.24. The van der Waals surface area contributed by atoms with Crippen LogP contribution >= 0.6 is 0 Å². The summed E-state index contributed by atoms with van der Waals surface area (Å²) < 4.78 is 0. The van der Waals surface area contributed by atoms with Gasteiger partial charge in [-0.1, -0.05) is 129 Å². The molecule has 5 aromatic carbocycles. The van der Waals surface area contributed by atoms with Gasteiger partial charge >= 0.3 is 0 Å². The Morgan fingerprint density at radius 1 is 0.625 bits per heavy atom. The van der Waals surface area contributed by atoms with Crippen molar-refractivity contribution in [3.05, 3.63) is 126 Å². The summed E-state index contributed by atoms with van der Waals surface area (Å²) in [4.78, 5) is 15.2. The zero-order valence-electron chi connectivity index (χ0n) is 27.7. The van der Waals surface area contributed by atoms with Crippen LogP contribution in [0.25, 0.3) is 56.1 Å². The molecule has 4 atom stereocenters. The van der Waals surface area contributed by atoms with Crippen LogP contribution in [0.3, 0.4) is 0 Å². The lowest BCUT2D eigenvalue weighted by Crippen LogP contribution is -2.42. The van der Waals surface area contributed by atoms with Gasteiger partial charge in [0.15, 0.2) is 17.5 Å². The van der Waals surface area contributed by atoms with Gasteiger partial charge in [0, 0.05) is 22.1 Å². The molecule has 4 nitrogen and oxygen atoms in total. The van der Waals surface area contributed by atoms with Crippen molar-refractivity contribution in [3.63, 3.8) is 0 Å². The highest BCUT2D eigenvalue weighted by Gasteiger charge is 2.45. The van der Waals surface area contributed by atoms with Crippen LogP contribution in [0, 0.1) is 29.1 Å². The molecule has 1 heterocycles. The first-order chi connectivity index (χ1) is 23.5. The fourth-order valence-corrected chi connectivity index (χ4v) is 9.03. The molecule has 2 fully saturated rings. The molecule has 236 valence electrons. The molecule has 2 bridgehead atoms. The van der Waals surface area contributed by atoms with Crippen molar-refractivity contribution in [3.8, 4) is 51.4 Å². The molecule has 2 aliphatic carbocycles. The van der Waals surface area contributed by atoms with Crippen LogP contribution in [-0.2, 0) is 5.41 Å². The Morgan fingerprint density at radius 2 is 1.29 bits per heavy atom. The van der Waals surface area contributed by atoms with Gasteiger partial charge in [-0.3, -0.25) is 0 Å². The van der Waals surface area contributed by atoms with Gasteiger partial charge in [-0.15, -0.1) is 0 Å². The molecule has 0 amide bonds. The highest BCUT2D eigenvalue weighted by molar-refractivity contribution is 5.98. The number of nitriles is 1. The van der Waals surface area contributed by atoms with Crippen LogP contribution < -0.4 is 0 Å². The van der Waals surface area contributed by atoms with E-state index in [4.69, 9.17) is 15.0 Å². The third kappa shape index (κ3) is 5.48. The van der Waals surface area contributed by atoms with Crippen molar-refractivity contribution in [1.82, 2.24) is 15.0 Å². The number of hydrogen-bond donors (Lipinski definition) is 0. The first-order valence-electron chi connectivity index (χ1n) is 17.5. The number of rotatable bonds is 6. The largest absolute Gasteiger partial charge is 0.208 e. The van der Waals surface area contributed by atoms with E-state index in [2.05, 4.69) is 68.4 Å². The van der Waals surface area contributed by atoms with Crippen LogP contribution in [0.1, 0.15) is 63.5 Å². The SMILES string of the molecule is CC[C@H]1C[C@H]2C[C@@H](C)CC(c3ccc(-c4ccccc4-c4nc(-c5ccccc5)nc(-c5cccc6c(C#N)cccc56)n4)cc3)(C2)C1. The van der Waals surface area contributed by atoms with Gasteiger partial charge in [0.2, 0.25) is 0 Å². The summed E-state index contributed by atoms with van der Waals surface area (Å²) >= 11 is 0. The minimum absolute atomic E-state index is 0.302. The summed E-state index contributed by atoms with van der Waals surface area (Å²) in [5, 5.41) is 11.6. The number of hydrogen-bond acceptors (Lipinski definition) is 4. The predicted octanol–water partition coefficient (Wildman–Crippen LogP) is 11.1. The molecular weight excluding hydrogens is 585 g/mol. The summed E-state index contributed by atoms with van der Waals surface area (Å²) in [5.74, 6) is 4.32. The molecule has 2 aliphatic rings. The molecule has 1 aromatic heterocycles. The third-order valence-electron chi connectivity index (χ3n) is 11.0. The van der Waals surface area contributed by atoms with Gasteiger partial charge in [0.25, 0.3) is 0 Å². The van der Waals surface area contributed by atoms with Crippen LogP contribution in [0.5, 0.6) is 0 Å². The van der Waals surface area contributed by atoms with Crippen molar-refractivity contribution < 1.29 is 0 Å². The molecule has 0 N–H and O–H groups in total. The van der Waals surface area contributed by atoms with Crippen molar-refractivity contribution in [2.24, 2.45) is 17.8 Å². The molecule has 1 unspecified atom stereocenters. The maximum absolute atomic E-state index is 9.80. The van der Waals surface area contributed by atoms with Crippen LogP contribution in [0.15, 0.2) is 115 Å². The van der Waals surface area contributed by atoms with Crippen LogP contribution in [0.2, 0.25) is 0 Å². The molecule has 8 rings (SSSR count). The fraction of sp³-hybridized carbons (Fsp3) is 0.273. The van der Waals surface area contributed by atoms with Gasteiger partial charge in [-0.05, 0) is 83.4 Å². The third-order valence-corrected chi connectivity index (χ3v) is 11.0. The van der Waals surface area contributed by atoms with Crippen LogP contribution in [-0.4, -0.2) is 15.0 Å². The van der Waals surface area contributed by atoms with E-state index in [1.54, 1.807) is 0 Å². The van der Waals surface area contributed by atoms with Crippen LogP contribution in [0.4, 0.5) is 0 Å². The lowest BCUT2D eigenvalue weighted by atomic mass is 9.54. The molecule has 4 heteroatoms. The zero-order chi connectivity index (χ0) is 32.7. The van der Waals surface area contributed by atoms with E-state index in [9.17, 15) is 5.26 Å². The van der Waals surface area contributed by atoms with E-state index in [1.165, 1.54) is 49.7 Å². The number of nitrogens with zero attached hydrogens (tertiary/aromatic N) is 4.